The quantitative estimate of drug-likeness (QED) is 0.899. The second-order valence-corrected chi connectivity index (χ2v) is 4.47. The van der Waals surface area contributed by atoms with E-state index in [1.807, 2.05) is 43.9 Å². The summed E-state index contributed by atoms with van der Waals surface area (Å²) >= 11 is 0. The topological polar surface area (TPSA) is 29.9 Å². The molecule has 0 fully saturated rings. The molecule has 0 aliphatic rings. The Balaban J connectivity index is 2.25. The van der Waals surface area contributed by atoms with Gasteiger partial charge in [0.1, 0.15) is 5.82 Å². The first-order valence-electron chi connectivity index (χ1n) is 6.03. The molecule has 1 heterocycles. The summed E-state index contributed by atoms with van der Waals surface area (Å²) in [5.74, 6) is -0.156. The average molecular weight is 247 g/mol. The zero-order chi connectivity index (χ0) is 13.1. The Labute approximate surface area is 107 Å². The average Bonchev–Trinajstić information content (AvgIpc) is 2.67. The lowest BCUT2D eigenvalue weighted by Gasteiger charge is -2.16. The maximum absolute atomic E-state index is 13.7. The van der Waals surface area contributed by atoms with Crippen LogP contribution in [0, 0.1) is 12.7 Å². The third-order valence-corrected chi connectivity index (χ3v) is 3.13. The van der Waals surface area contributed by atoms with Crippen LogP contribution < -0.4 is 5.32 Å². The maximum Gasteiger partial charge on any atom is 0.126 e. The van der Waals surface area contributed by atoms with E-state index in [2.05, 4.69) is 10.4 Å². The summed E-state index contributed by atoms with van der Waals surface area (Å²) in [6.45, 7) is 1.96. The van der Waals surface area contributed by atoms with Gasteiger partial charge in [0.05, 0.1) is 17.4 Å². The predicted octanol–water partition coefficient (Wildman–Crippen LogP) is 2.37. The van der Waals surface area contributed by atoms with E-state index in [4.69, 9.17) is 0 Å². The van der Waals surface area contributed by atoms with Gasteiger partial charge < -0.3 is 5.32 Å². The van der Waals surface area contributed by atoms with Crippen molar-refractivity contribution in [2.75, 3.05) is 7.05 Å². The van der Waals surface area contributed by atoms with Crippen molar-refractivity contribution >= 4 is 0 Å². The van der Waals surface area contributed by atoms with E-state index in [1.165, 1.54) is 6.07 Å². The summed E-state index contributed by atoms with van der Waals surface area (Å²) in [4.78, 5) is 0. The predicted molar refractivity (Wildman–Crippen MR) is 69.8 cm³/mol. The highest BCUT2D eigenvalue weighted by molar-refractivity contribution is 5.22. The van der Waals surface area contributed by atoms with Crippen molar-refractivity contribution in [3.63, 3.8) is 0 Å². The van der Waals surface area contributed by atoms with E-state index in [9.17, 15) is 4.39 Å². The molecule has 0 radical (unpaired) electrons. The molecule has 1 N–H and O–H groups in total. The van der Waals surface area contributed by atoms with Crippen molar-refractivity contribution < 1.29 is 4.39 Å². The first-order chi connectivity index (χ1) is 8.61. The standard InChI is InChI=1S/C14H18FN3/c1-10-8-14(18(3)17-10)13(16-2)9-11-6-4-5-7-12(11)15/h4-8,13,16H,9H2,1-3H3. The number of aryl methyl sites for hydroxylation is 2. The van der Waals surface area contributed by atoms with E-state index >= 15 is 0 Å². The summed E-state index contributed by atoms with van der Waals surface area (Å²) < 4.78 is 15.5. The van der Waals surface area contributed by atoms with E-state index in [0.29, 0.717) is 6.42 Å². The Morgan fingerprint density at radius 1 is 1.39 bits per heavy atom. The number of nitrogens with zero attached hydrogens (tertiary/aromatic N) is 2. The molecule has 2 aromatic rings. The van der Waals surface area contributed by atoms with Gasteiger partial charge in [-0.1, -0.05) is 18.2 Å². The first kappa shape index (κ1) is 12.8. The van der Waals surface area contributed by atoms with Gasteiger partial charge in [-0.3, -0.25) is 4.68 Å². The number of halogens is 1. The van der Waals surface area contributed by atoms with Gasteiger partial charge in [-0.15, -0.1) is 0 Å². The zero-order valence-corrected chi connectivity index (χ0v) is 10.9. The molecule has 2 rings (SSSR count). The Morgan fingerprint density at radius 3 is 2.67 bits per heavy atom. The molecule has 4 heteroatoms. The Morgan fingerprint density at radius 2 is 2.11 bits per heavy atom. The highest BCUT2D eigenvalue weighted by Crippen LogP contribution is 2.20. The number of nitrogens with one attached hydrogen (secondary N) is 1. The minimum atomic E-state index is -0.156. The summed E-state index contributed by atoms with van der Waals surface area (Å²) in [5, 5.41) is 7.55. The van der Waals surface area contributed by atoms with Crippen LogP contribution in [0.4, 0.5) is 4.39 Å². The van der Waals surface area contributed by atoms with E-state index < -0.39 is 0 Å². The third-order valence-electron chi connectivity index (χ3n) is 3.13. The molecule has 1 aromatic heterocycles. The molecule has 0 spiro atoms. The first-order valence-corrected chi connectivity index (χ1v) is 6.03. The largest absolute Gasteiger partial charge is 0.311 e. The van der Waals surface area contributed by atoms with E-state index in [-0.39, 0.29) is 11.9 Å². The molecule has 18 heavy (non-hydrogen) atoms. The van der Waals surface area contributed by atoms with Crippen LogP contribution in [0.25, 0.3) is 0 Å². The lowest BCUT2D eigenvalue weighted by molar-refractivity contribution is 0.519. The minimum absolute atomic E-state index is 0.0631. The van der Waals surface area contributed by atoms with Crippen molar-refractivity contribution in [1.82, 2.24) is 15.1 Å². The van der Waals surface area contributed by atoms with Crippen molar-refractivity contribution in [3.8, 4) is 0 Å². The number of hydrogen-bond donors (Lipinski definition) is 1. The summed E-state index contributed by atoms with van der Waals surface area (Å²) in [5.41, 5.74) is 2.76. The van der Waals surface area contributed by atoms with Crippen LogP contribution in [0.3, 0.4) is 0 Å². The maximum atomic E-state index is 13.7. The third kappa shape index (κ3) is 2.59. The molecule has 1 atom stereocenters. The van der Waals surface area contributed by atoms with Crippen LogP contribution in [0.1, 0.15) is 23.0 Å². The SMILES string of the molecule is CNC(Cc1ccccc1F)c1cc(C)nn1C. The van der Waals surface area contributed by atoms with Crippen LogP contribution >= 0.6 is 0 Å². The van der Waals surface area contributed by atoms with Crippen LogP contribution in [0.5, 0.6) is 0 Å². The van der Waals surface area contributed by atoms with E-state index in [0.717, 1.165) is 17.0 Å². The number of benzene rings is 1. The lowest BCUT2D eigenvalue weighted by Crippen LogP contribution is -2.22. The van der Waals surface area contributed by atoms with Crippen LogP contribution in [-0.4, -0.2) is 16.8 Å². The minimum Gasteiger partial charge on any atom is -0.311 e. The zero-order valence-electron chi connectivity index (χ0n) is 10.9. The van der Waals surface area contributed by atoms with Gasteiger partial charge in [-0.2, -0.15) is 5.10 Å². The van der Waals surface area contributed by atoms with Gasteiger partial charge in [0.15, 0.2) is 0 Å². The van der Waals surface area contributed by atoms with Gasteiger partial charge >= 0.3 is 0 Å². The van der Waals surface area contributed by atoms with Crippen LogP contribution in [-0.2, 0) is 13.5 Å². The highest BCUT2D eigenvalue weighted by Gasteiger charge is 2.16. The van der Waals surface area contributed by atoms with E-state index in [1.54, 1.807) is 6.07 Å². The summed E-state index contributed by atoms with van der Waals surface area (Å²) in [7, 11) is 3.79. The second-order valence-electron chi connectivity index (χ2n) is 4.47. The van der Waals surface area contributed by atoms with Gasteiger partial charge in [0.2, 0.25) is 0 Å². The van der Waals surface area contributed by atoms with Crippen LogP contribution in [0.15, 0.2) is 30.3 Å². The number of aromatic nitrogens is 2. The number of likely N-dealkylation sites (N-methyl/N-ethyl adjacent to an activating group) is 1. The molecular formula is C14H18FN3. The molecule has 0 saturated carbocycles. The highest BCUT2D eigenvalue weighted by atomic mass is 19.1. The summed E-state index contributed by atoms with van der Waals surface area (Å²) in [6, 6.07) is 8.98. The van der Waals surface area contributed by atoms with Gasteiger partial charge in [0, 0.05) is 7.05 Å². The molecule has 0 bridgehead atoms. The fraction of sp³-hybridized carbons (Fsp3) is 0.357. The molecule has 3 nitrogen and oxygen atoms in total. The molecule has 0 aliphatic carbocycles. The Kier molecular flexibility index (Phi) is 3.77. The van der Waals surface area contributed by atoms with Crippen molar-refractivity contribution in [2.45, 2.75) is 19.4 Å². The molecule has 96 valence electrons. The van der Waals surface area contributed by atoms with Gasteiger partial charge in [-0.25, -0.2) is 4.39 Å². The summed E-state index contributed by atoms with van der Waals surface area (Å²) in [6.07, 6.45) is 0.613. The molecule has 1 unspecified atom stereocenters. The molecule has 1 aromatic carbocycles. The van der Waals surface area contributed by atoms with Crippen molar-refractivity contribution in [3.05, 3.63) is 53.1 Å². The molecule has 0 amide bonds. The van der Waals surface area contributed by atoms with Gasteiger partial charge in [0.25, 0.3) is 0 Å². The fourth-order valence-electron chi connectivity index (χ4n) is 2.20. The molecule has 0 aliphatic heterocycles. The normalized spacial score (nSPS) is 12.7. The van der Waals surface area contributed by atoms with Crippen molar-refractivity contribution in [2.24, 2.45) is 7.05 Å². The Hall–Kier alpha value is -1.68. The van der Waals surface area contributed by atoms with Gasteiger partial charge in [-0.05, 0) is 38.1 Å². The fourth-order valence-corrected chi connectivity index (χ4v) is 2.20. The lowest BCUT2D eigenvalue weighted by atomic mass is 10.0. The smallest absolute Gasteiger partial charge is 0.126 e. The number of rotatable bonds is 4. The molecular weight excluding hydrogens is 229 g/mol. The molecule has 0 saturated heterocycles. The monoisotopic (exact) mass is 247 g/mol. The second kappa shape index (κ2) is 5.31. The number of hydrogen-bond acceptors (Lipinski definition) is 2. The Bertz CT molecular complexity index is 534. The van der Waals surface area contributed by atoms with Crippen LogP contribution in [0.2, 0.25) is 0 Å². The van der Waals surface area contributed by atoms with Crippen molar-refractivity contribution in [1.29, 1.82) is 0 Å².